The number of nitrogens with two attached hydrogens (primary N) is 1. The standard InChI is InChI=1S/C18H21N5O2/c19-18-20-11-14-15(21-18)9-12(10-16(14)22-24)13-3-1-2-4-17(13)23-5-7-25-8-6-23/h1-4,11-12,16H,5-10H2,(H2,19,20,21). The van der Waals surface area contributed by atoms with Crippen LogP contribution in [0.2, 0.25) is 0 Å². The fourth-order valence-corrected chi connectivity index (χ4v) is 3.86. The Morgan fingerprint density at radius 2 is 2.00 bits per heavy atom. The molecule has 1 aromatic heterocycles. The molecule has 2 N–H and O–H groups in total. The molecule has 7 nitrogen and oxygen atoms in total. The van der Waals surface area contributed by atoms with Gasteiger partial charge in [0, 0.05) is 30.5 Å². The van der Waals surface area contributed by atoms with Crippen LogP contribution in [0.3, 0.4) is 0 Å². The molecule has 0 bridgehead atoms. The van der Waals surface area contributed by atoms with Crippen molar-refractivity contribution in [1.29, 1.82) is 0 Å². The molecule has 130 valence electrons. The number of fused-ring (bicyclic) bond motifs is 1. The van der Waals surface area contributed by atoms with E-state index in [0.717, 1.165) is 44.0 Å². The van der Waals surface area contributed by atoms with Gasteiger partial charge in [0.15, 0.2) is 0 Å². The molecule has 1 aliphatic heterocycles. The van der Waals surface area contributed by atoms with Crippen molar-refractivity contribution in [3.05, 3.63) is 52.2 Å². The van der Waals surface area contributed by atoms with Crippen LogP contribution in [-0.2, 0) is 11.2 Å². The summed E-state index contributed by atoms with van der Waals surface area (Å²) in [6.45, 7) is 3.24. The number of nitrogens with zero attached hydrogens (tertiary/aromatic N) is 4. The number of hydrogen-bond acceptors (Lipinski definition) is 7. The summed E-state index contributed by atoms with van der Waals surface area (Å²) in [4.78, 5) is 22.1. The lowest BCUT2D eigenvalue weighted by Gasteiger charge is -2.34. The van der Waals surface area contributed by atoms with Crippen molar-refractivity contribution in [2.24, 2.45) is 5.18 Å². The first-order chi connectivity index (χ1) is 12.3. The number of rotatable bonds is 3. The molecule has 2 atom stereocenters. The highest BCUT2D eigenvalue weighted by Gasteiger charge is 2.32. The quantitative estimate of drug-likeness (QED) is 0.863. The lowest BCUT2D eigenvalue weighted by Crippen LogP contribution is -2.37. The van der Waals surface area contributed by atoms with Gasteiger partial charge in [-0.25, -0.2) is 9.97 Å². The van der Waals surface area contributed by atoms with Crippen molar-refractivity contribution in [3.63, 3.8) is 0 Å². The summed E-state index contributed by atoms with van der Waals surface area (Å²) in [5, 5.41) is 3.33. The second-order valence-corrected chi connectivity index (χ2v) is 6.55. The van der Waals surface area contributed by atoms with Gasteiger partial charge < -0.3 is 15.4 Å². The van der Waals surface area contributed by atoms with Crippen molar-refractivity contribution >= 4 is 11.6 Å². The molecular weight excluding hydrogens is 318 g/mol. The van der Waals surface area contributed by atoms with E-state index in [0.29, 0.717) is 6.42 Å². The number of morpholine rings is 1. The highest BCUT2D eigenvalue weighted by Crippen LogP contribution is 2.42. The SMILES string of the molecule is Nc1ncc2c(n1)CC(c1ccccc1N1CCOCC1)CC2N=O. The third-order valence-corrected chi connectivity index (χ3v) is 5.08. The number of para-hydroxylation sites is 1. The van der Waals surface area contributed by atoms with Crippen LogP contribution in [-0.4, -0.2) is 36.3 Å². The summed E-state index contributed by atoms with van der Waals surface area (Å²) in [5.41, 5.74) is 9.84. The summed E-state index contributed by atoms with van der Waals surface area (Å²) in [6, 6.07) is 7.97. The zero-order valence-electron chi connectivity index (χ0n) is 14.0. The molecule has 2 aromatic rings. The molecule has 0 radical (unpaired) electrons. The van der Waals surface area contributed by atoms with Gasteiger partial charge in [-0.05, 0) is 30.4 Å². The molecule has 7 heteroatoms. The van der Waals surface area contributed by atoms with Gasteiger partial charge in [-0.2, -0.15) is 4.91 Å². The van der Waals surface area contributed by atoms with E-state index >= 15 is 0 Å². The predicted octanol–water partition coefficient (Wildman–Crippen LogP) is 2.43. The average molecular weight is 339 g/mol. The molecule has 25 heavy (non-hydrogen) atoms. The minimum absolute atomic E-state index is 0.184. The van der Waals surface area contributed by atoms with Gasteiger partial charge in [-0.1, -0.05) is 23.4 Å². The number of aromatic nitrogens is 2. The maximum atomic E-state index is 11.4. The maximum absolute atomic E-state index is 11.4. The fraction of sp³-hybridized carbons (Fsp3) is 0.444. The van der Waals surface area contributed by atoms with Crippen LogP contribution < -0.4 is 10.6 Å². The van der Waals surface area contributed by atoms with Crippen LogP contribution in [0.5, 0.6) is 0 Å². The number of ether oxygens (including phenoxy) is 1. The van der Waals surface area contributed by atoms with Crippen LogP contribution in [0.25, 0.3) is 0 Å². The number of hydrogen-bond donors (Lipinski definition) is 1. The van der Waals surface area contributed by atoms with Crippen LogP contribution >= 0.6 is 0 Å². The van der Waals surface area contributed by atoms with Crippen molar-refractivity contribution in [2.45, 2.75) is 24.8 Å². The minimum Gasteiger partial charge on any atom is -0.378 e. The first-order valence-electron chi connectivity index (χ1n) is 8.61. The van der Waals surface area contributed by atoms with Crippen molar-refractivity contribution in [2.75, 3.05) is 36.9 Å². The van der Waals surface area contributed by atoms with Crippen LogP contribution in [0.1, 0.15) is 35.2 Å². The number of nitrogen functional groups attached to an aromatic ring is 1. The number of benzene rings is 1. The Morgan fingerprint density at radius 1 is 1.20 bits per heavy atom. The van der Waals surface area contributed by atoms with Gasteiger partial charge in [0.25, 0.3) is 0 Å². The molecule has 0 spiro atoms. The first kappa shape index (κ1) is 16.0. The van der Waals surface area contributed by atoms with Gasteiger partial charge >= 0.3 is 0 Å². The van der Waals surface area contributed by atoms with Crippen molar-refractivity contribution in [1.82, 2.24) is 9.97 Å². The molecule has 0 amide bonds. The molecule has 1 saturated heterocycles. The monoisotopic (exact) mass is 339 g/mol. The summed E-state index contributed by atoms with van der Waals surface area (Å²) in [5.74, 6) is 0.425. The van der Waals surface area contributed by atoms with E-state index in [1.165, 1.54) is 11.3 Å². The van der Waals surface area contributed by atoms with E-state index in [1.54, 1.807) is 6.20 Å². The van der Waals surface area contributed by atoms with E-state index in [9.17, 15) is 4.91 Å². The Labute approximate surface area is 146 Å². The molecule has 4 rings (SSSR count). The smallest absolute Gasteiger partial charge is 0.220 e. The van der Waals surface area contributed by atoms with Gasteiger partial charge in [-0.15, -0.1) is 0 Å². The van der Waals surface area contributed by atoms with E-state index in [4.69, 9.17) is 10.5 Å². The third kappa shape index (κ3) is 3.07. The first-order valence-corrected chi connectivity index (χ1v) is 8.61. The molecule has 1 fully saturated rings. The van der Waals surface area contributed by atoms with Crippen LogP contribution in [0, 0.1) is 4.91 Å². The molecule has 2 heterocycles. The predicted molar refractivity (Wildman–Crippen MR) is 95.5 cm³/mol. The van der Waals surface area contributed by atoms with E-state index < -0.39 is 6.04 Å². The Bertz CT molecular complexity index is 776. The Balaban J connectivity index is 1.70. The molecule has 1 aromatic carbocycles. The van der Waals surface area contributed by atoms with Gasteiger partial charge in [0.05, 0.1) is 18.9 Å². The zero-order chi connectivity index (χ0) is 17.2. The largest absolute Gasteiger partial charge is 0.378 e. The lowest BCUT2D eigenvalue weighted by atomic mass is 9.79. The fourth-order valence-electron chi connectivity index (χ4n) is 3.86. The van der Waals surface area contributed by atoms with Gasteiger partial charge in [-0.3, -0.25) is 0 Å². The van der Waals surface area contributed by atoms with Gasteiger partial charge in [0.1, 0.15) is 6.04 Å². The Kier molecular flexibility index (Phi) is 4.31. The van der Waals surface area contributed by atoms with E-state index in [1.807, 2.05) is 6.07 Å². The van der Waals surface area contributed by atoms with Gasteiger partial charge in [0.2, 0.25) is 5.95 Å². The topological polar surface area (TPSA) is 93.7 Å². The Morgan fingerprint density at radius 3 is 2.80 bits per heavy atom. The Hall–Kier alpha value is -2.54. The second kappa shape index (κ2) is 6.76. The number of anilines is 2. The molecule has 1 aliphatic carbocycles. The van der Waals surface area contributed by atoms with Crippen LogP contribution in [0.15, 0.2) is 35.6 Å². The molecule has 2 aliphatic rings. The normalized spacial score (nSPS) is 23.1. The number of nitroso groups, excluding NO2 is 1. The van der Waals surface area contributed by atoms with E-state index in [2.05, 4.69) is 38.2 Å². The average Bonchev–Trinajstić information content (AvgIpc) is 2.67. The zero-order valence-corrected chi connectivity index (χ0v) is 14.0. The molecule has 0 saturated carbocycles. The van der Waals surface area contributed by atoms with E-state index in [-0.39, 0.29) is 11.9 Å². The maximum Gasteiger partial charge on any atom is 0.220 e. The summed E-state index contributed by atoms with van der Waals surface area (Å²) < 4.78 is 5.47. The van der Waals surface area contributed by atoms with Crippen molar-refractivity contribution in [3.8, 4) is 0 Å². The van der Waals surface area contributed by atoms with Crippen molar-refractivity contribution < 1.29 is 4.74 Å². The molecule has 2 unspecified atom stereocenters. The van der Waals surface area contributed by atoms with Crippen LogP contribution in [0.4, 0.5) is 11.6 Å². The lowest BCUT2D eigenvalue weighted by molar-refractivity contribution is 0.122. The summed E-state index contributed by atoms with van der Waals surface area (Å²) >= 11 is 0. The minimum atomic E-state index is -0.424. The highest BCUT2D eigenvalue weighted by atomic mass is 16.5. The summed E-state index contributed by atoms with van der Waals surface area (Å²) in [6.07, 6.45) is 3.06. The second-order valence-electron chi connectivity index (χ2n) is 6.55. The summed E-state index contributed by atoms with van der Waals surface area (Å²) in [7, 11) is 0. The highest BCUT2D eigenvalue weighted by molar-refractivity contribution is 5.56. The molecular formula is C18H21N5O2. The third-order valence-electron chi connectivity index (χ3n) is 5.08.